The molecule has 0 aliphatic heterocycles. The highest BCUT2D eigenvalue weighted by Gasteiger charge is 1.96. The Hall–Kier alpha value is -0.920. The normalized spacial score (nSPS) is 11.0. The lowest BCUT2D eigenvalue weighted by Crippen LogP contribution is -2.23. The summed E-state index contributed by atoms with van der Waals surface area (Å²) in [6.45, 7) is 5.43. The SMILES string of the molecule is CCCCCCOS(=O)(=O)[O-].CCCCn1cc[n+](C)c1. The molecule has 1 rings (SSSR count). The molecular weight excluding hydrogens is 292 g/mol. The molecule has 0 aromatic carbocycles. The second kappa shape index (κ2) is 11.7. The molecule has 1 aromatic rings. The molecule has 124 valence electrons. The Labute approximate surface area is 128 Å². The van der Waals surface area contributed by atoms with Crippen LogP contribution in [0, 0.1) is 0 Å². The molecule has 7 heteroatoms. The van der Waals surface area contributed by atoms with E-state index in [2.05, 4.69) is 39.0 Å². The fourth-order valence-electron chi connectivity index (χ4n) is 1.66. The van der Waals surface area contributed by atoms with Crippen molar-refractivity contribution in [2.45, 2.75) is 58.9 Å². The molecule has 0 atom stereocenters. The van der Waals surface area contributed by atoms with E-state index < -0.39 is 10.4 Å². The second-order valence-corrected chi connectivity index (χ2v) is 6.01. The van der Waals surface area contributed by atoms with Crippen LogP contribution in [0.3, 0.4) is 0 Å². The number of hydrogen-bond acceptors (Lipinski definition) is 4. The van der Waals surface area contributed by atoms with Gasteiger partial charge in [-0.2, -0.15) is 0 Å². The zero-order chi connectivity index (χ0) is 16.1. The van der Waals surface area contributed by atoms with Gasteiger partial charge in [-0.25, -0.2) is 17.6 Å². The average molecular weight is 320 g/mol. The monoisotopic (exact) mass is 320 g/mol. The predicted molar refractivity (Wildman–Crippen MR) is 80.3 cm³/mol. The third-order valence-electron chi connectivity index (χ3n) is 2.82. The molecule has 0 bridgehead atoms. The van der Waals surface area contributed by atoms with E-state index in [1.807, 2.05) is 14.0 Å². The van der Waals surface area contributed by atoms with Gasteiger partial charge in [0.1, 0.15) is 12.4 Å². The Bertz CT molecular complexity index is 457. The molecular formula is C14H28N2O4S. The van der Waals surface area contributed by atoms with Gasteiger partial charge in [-0.05, 0) is 12.8 Å². The molecule has 0 aliphatic rings. The molecule has 0 N–H and O–H groups in total. The Morgan fingerprint density at radius 3 is 2.29 bits per heavy atom. The molecule has 0 saturated heterocycles. The fraction of sp³-hybridized carbons (Fsp3) is 0.786. The quantitative estimate of drug-likeness (QED) is 0.302. The maximum absolute atomic E-state index is 9.89. The number of unbranched alkanes of at least 4 members (excludes halogenated alkanes) is 4. The highest BCUT2D eigenvalue weighted by atomic mass is 32.3. The van der Waals surface area contributed by atoms with E-state index in [-0.39, 0.29) is 6.61 Å². The van der Waals surface area contributed by atoms with Crippen LogP contribution in [0.15, 0.2) is 18.7 Å². The summed E-state index contributed by atoms with van der Waals surface area (Å²) in [6.07, 6.45) is 12.5. The van der Waals surface area contributed by atoms with Gasteiger partial charge in [0.15, 0.2) is 0 Å². The van der Waals surface area contributed by atoms with Gasteiger partial charge in [-0.1, -0.05) is 39.5 Å². The van der Waals surface area contributed by atoms with Crippen molar-refractivity contribution in [1.82, 2.24) is 4.57 Å². The van der Waals surface area contributed by atoms with E-state index in [0.717, 1.165) is 25.8 Å². The highest BCUT2D eigenvalue weighted by molar-refractivity contribution is 7.80. The van der Waals surface area contributed by atoms with Crippen molar-refractivity contribution in [3.63, 3.8) is 0 Å². The minimum absolute atomic E-state index is 0.0197. The van der Waals surface area contributed by atoms with Gasteiger partial charge in [-0.3, -0.25) is 4.18 Å². The summed E-state index contributed by atoms with van der Waals surface area (Å²) < 4.78 is 37.9. The van der Waals surface area contributed by atoms with Crippen LogP contribution < -0.4 is 4.57 Å². The van der Waals surface area contributed by atoms with E-state index in [0.29, 0.717) is 6.42 Å². The average Bonchev–Trinajstić information content (AvgIpc) is 2.81. The lowest BCUT2D eigenvalue weighted by Gasteiger charge is -2.06. The highest BCUT2D eigenvalue weighted by Crippen LogP contribution is 1.99. The predicted octanol–water partition coefficient (Wildman–Crippen LogP) is 2.16. The first-order valence-corrected chi connectivity index (χ1v) is 8.83. The first kappa shape index (κ1) is 20.1. The first-order valence-electron chi connectivity index (χ1n) is 7.50. The number of hydrogen-bond donors (Lipinski definition) is 0. The number of imidazole rings is 1. The van der Waals surface area contributed by atoms with Crippen molar-refractivity contribution in [2.24, 2.45) is 7.05 Å². The third-order valence-corrected chi connectivity index (χ3v) is 3.27. The number of aromatic nitrogens is 2. The molecule has 0 spiro atoms. The van der Waals surface area contributed by atoms with Crippen molar-refractivity contribution < 1.29 is 21.7 Å². The smallest absolute Gasteiger partial charge is 0.243 e. The summed E-state index contributed by atoms with van der Waals surface area (Å²) in [5, 5.41) is 0. The number of aryl methyl sites for hydroxylation is 2. The van der Waals surface area contributed by atoms with E-state index in [1.54, 1.807) is 0 Å². The number of nitrogens with zero attached hydrogens (tertiary/aromatic N) is 2. The molecule has 0 unspecified atom stereocenters. The maximum Gasteiger partial charge on any atom is 0.243 e. The van der Waals surface area contributed by atoms with Gasteiger partial charge < -0.3 is 4.55 Å². The summed E-state index contributed by atoms with van der Waals surface area (Å²) in [5.74, 6) is 0. The Kier molecular flexibility index (Phi) is 11.2. The van der Waals surface area contributed by atoms with Gasteiger partial charge in [0.2, 0.25) is 16.7 Å². The summed E-state index contributed by atoms with van der Waals surface area (Å²) >= 11 is 0. The largest absolute Gasteiger partial charge is 0.726 e. The summed E-state index contributed by atoms with van der Waals surface area (Å²) in [7, 11) is -2.42. The molecule has 0 amide bonds. The molecule has 0 saturated carbocycles. The summed E-state index contributed by atoms with van der Waals surface area (Å²) in [6, 6.07) is 0. The molecule has 0 radical (unpaired) electrons. The van der Waals surface area contributed by atoms with E-state index in [9.17, 15) is 13.0 Å². The third kappa shape index (κ3) is 13.8. The van der Waals surface area contributed by atoms with Crippen LogP contribution in [0.1, 0.15) is 52.4 Å². The summed E-state index contributed by atoms with van der Waals surface area (Å²) in [5.41, 5.74) is 0. The van der Waals surface area contributed by atoms with Crippen molar-refractivity contribution in [2.75, 3.05) is 6.61 Å². The van der Waals surface area contributed by atoms with Crippen LogP contribution in [0.5, 0.6) is 0 Å². The van der Waals surface area contributed by atoms with Crippen molar-refractivity contribution in [3.05, 3.63) is 18.7 Å². The number of rotatable bonds is 9. The minimum atomic E-state index is -4.46. The maximum atomic E-state index is 9.89. The van der Waals surface area contributed by atoms with Gasteiger partial charge >= 0.3 is 0 Å². The van der Waals surface area contributed by atoms with Crippen LogP contribution in [0.4, 0.5) is 0 Å². The van der Waals surface area contributed by atoms with E-state index >= 15 is 0 Å². The Balaban J connectivity index is 0.000000382. The topological polar surface area (TPSA) is 75.2 Å². The van der Waals surface area contributed by atoms with Crippen LogP contribution >= 0.6 is 0 Å². The van der Waals surface area contributed by atoms with Crippen LogP contribution in [-0.2, 0) is 28.2 Å². The van der Waals surface area contributed by atoms with Gasteiger partial charge in [0.05, 0.1) is 20.2 Å². The fourth-order valence-corrected chi connectivity index (χ4v) is 1.99. The first-order chi connectivity index (χ1) is 9.89. The van der Waals surface area contributed by atoms with Crippen molar-refractivity contribution in [3.8, 4) is 0 Å². The molecule has 6 nitrogen and oxygen atoms in total. The molecule has 1 heterocycles. The van der Waals surface area contributed by atoms with Crippen LogP contribution in [0.2, 0.25) is 0 Å². The van der Waals surface area contributed by atoms with Gasteiger partial charge in [-0.15, -0.1) is 0 Å². The Morgan fingerprint density at radius 2 is 1.81 bits per heavy atom. The van der Waals surface area contributed by atoms with Crippen LogP contribution in [0.25, 0.3) is 0 Å². The molecule has 0 aliphatic carbocycles. The van der Waals surface area contributed by atoms with Crippen LogP contribution in [-0.4, -0.2) is 24.1 Å². The van der Waals surface area contributed by atoms with Gasteiger partial charge in [0, 0.05) is 0 Å². The molecule has 0 fully saturated rings. The molecule has 1 aromatic heterocycles. The minimum Gasteiger partial charge on any atom is -0.726 e. The molecule has 21 heavy (non-hydrogen) atoms. The lowest BCUT2D eigenvalue weighted by molar-refractivity contribution is -0.671. The second-order valence-electron chi connectivity index (χ2n) is 4.96. The zero-order valence-corrected chi connectivity index (χ0v) is 14.1. The Morgan fingerprint density at radius 1 is 1.14 bits per heavy atom. The zero-order valence-electron chi connectivity index (χ0n) is 13.3. The van der Waals surface area contributed by atoms with Crippen molar-refractivity contribution in [1.29, 1.82) is 0 Å². The van der Waals surface area contributed by atoms with Gasteiger partial charge in [0.25, 0.3) is 0 Å². The van der Waals surface area contributed by atoms with Crippen molar-refractivity contribution >= 4 is 10.4 Å². The lowest BCUT2D eigenvalue weighted by atomic mass is 10.2. The summed E-state index contributed by atoms with van der Waals surface area (Å²) in [4.78, 5) is 0. The van der Waals surface area contributed by atoms with E-state index in [4.69, 9.17) is 0 Å². The van der Waals surface area contributed by atoms with E-state index in [1.165, 1.54) is 12.8 Å². The standard InChI is InChI=1S/C8H15N2.C6H14O4S/c1-3-4-5-10-7-6-9(2)8-10;1-2-3-4-5-6-10-11(7,8)9/h6-8H,3-5H2,1-2H3;2-6H2,1H3,(H,7,8,9)/q+1;/p-1.